The molecule has 0 spiro atoms. The number of primary amides is 1. The van der Waals surface area contributed by atoms with Crippen LogP contribution >= 0.6 is 11.8 Å². The van der Waals surface area contributed by atoms with Gasteiger partial charge in [0.05, 0.1) is 5.25 Å². The van der Waals surface area contributed by atoms with Crippen LogP contribution in [0.2, 0.25) is 0 Å². The Balaban J connectivity index is 2.18. The van der Waals surface area contributed by atoms with Crippen LogP contribution in [0.15, 0.2) is 5.16 Å². The van der Waals surface area contributed by atoms with Crippen molar-refractivity contribution in [2.24, 2.45) is 5.73 Å². The first-order chi connectivity index (χ1) is 8.59. The summed E-state index contributed by atoms with van der Waals surface area (Å²) >= 11 is 1.41. The standard InChI is InChI=1S/C12H20N4OS/c1-8(11(13)17)18-12-15-14-9(2)16(12)10-6-4-3-5-7-10/h8,10H,3-7H2,1-2H3,(H2,13,17)/t8-/m1/s1. The van der Waals surface area contributed by atoms with Crippen molar-refractivity contribution in [2.75, 3.05) is 0 Å². The molecule has 1 saturated carbocycles. The predicted octanol–water partition coefficient (Wildman–Crippen LogP) is 2.06. The van der Waals surface area contributed by atoms with E-state index in [2.05, 4.69) is 14.8 Å². The van der Waals surface area contributed by atoms with Gasteiger partial charge in [0.1, 0.15) is 5.82 Å². The number of amides is 1. The molecule has 0 bridgehead atoms. The molecule has 1 aromatic heterocycles. The van der Waals surface area contributed by atoms with Gasteiger partial charge in [-0.2, -0.15) is 0 Å². The minimum atomic E-state index is -0.309. The van der Waals surface area contributed by atoms with E-state index in [0.717, 1.165) is 11.0 Å². The Morgan fingerprint density at radius 2 is 2.06 bits per heavy atom. The zero-order valence-corrected chi connectivity index (χ0v) is 11.7. The molecule has 18 heavy (non-hydrogen) atoms. The minimum Gasteiger partial charge on any atom is -0.369 e. The third kappa shape index (κ3) is 2.85. The van der Waals surface area contributed by atoms with Gasteiger partial charge in [-0.05, 0) is 26.7 Å². The van der Waals surface area contributed by atoms with Gasteiger partial charge in [-0.25, -0.2) is 0 Å². The summed E-state index contributed by atoms with van der Waals surface area (Å²) in [7, 11) is 0. The molecule has 1 fully saturated rings. The maximum atomic E-state index is 11.1. The molecule has 1 amide bonds. The van der Waals surface area contributed by atoms with Crippen LogP contribution in [0.4, 0.5) is 0 Å². The number of aryl methyl sites for hydroxylation is 1. The van der Waals surface area contributed by atoms with Crippen LogP contribution in [0, 0.1) is 6.92 Å². The second kappa shape index (κ2) is 5.73. The molecule has 5 nitrogen and oxygen atoms in total. The SMILES string of the molecule is Cc1nnc(S[C@H](C)C(N)=O)n1C1CCCCC1. The number of rotatable bonds is 4. The fourth-order valence-electron chi connectivity index (χ4n) is 2.41. The van der Waals surface area contributed by atoms with E-state index in [1.807, 2.05) is 13.8 Å². The van der Waals surface area contributed by atoms with Gasteiger partial charge in [0.25, 0.3) is 0 Å². The highest BCUT2D eigenvalue weighted by Gasteiger charge is 2.23. The molecule has 2 N–H and O–H groups in total. The van der Waals surface area contributed by atoms with Crippen LogP contribution in [0.5, 0.6) is 0 Å². The van der Waals surface area contributed by atoms with Crippen LogP contribution in [0.25, 0.3) is 0 Å². The lowest BCUT2D eigenvalue weighted by Crippen LogP contribution is -2.23. The summed E-state index contributed by atoms with van der Waals surface area (Å²) in [6.45, 7) is 3.78. The Kier molecular flexibility index (Phi) is 4.27. The van der Waals surface area contributed by atoms with Gasteiger partial charge in [-0.1, -0.05) is 31.0 Å². The molecule has 0 unspecified atom stereocenters. The highest BCUT2D eigenvalue weighted by molar-refractivity contribution is 8.00. The first-order valence-electron chi connectivity index (χ1n) is 6.47. The summed E-state index contributed by atoms with van der Waals surface area (Å²) in [5.41, 5.74) is 5.30. The van der Waals surface area contributed by atoms with Crippen molar-refractivity contribution >= 4 is 17.7 Å². The summed E-state index contributed by atoms with van der Waals surface area (Å²) in [5.74, 6) is 0.622. The van der Waals surface area contributed by atoms with E-state index in [1.165, 1.54) is 43.9 Å². The minimum absolute atomic E-state index is 0.268. The Bertz CT molecular complexity index is 426. The molecule has 0 aromatic carbocycles. The van der Waals surface area contributed by atoms with E-state index in [4.69, 9.17) is 5.73 Å². The molecule has 0 saturated heterocycles. The number of aromatic nitrogens is 3. The molecule has 1 atom stereocenters. The van der Waals surface area contributed by atoms with Crippen LogP contribution in [0.3, 0.4) is 0 Å². The summed E-state index contributed by atoms with van der Waals surface area (Å²) in [6, 6.07) is 0.483. The van der Waals surface area contributed by atoms with Gasteiger partial charge in [0, 0.05) is 6.04 Å². The highest BCUT2D eigenvalue weighted by atomic mass is 32.2. The number of carbonyl (C=O) groups is 1. The third-order valence-electron chi connectivity index (χ3n) is 3.46. The smallest absolute Gasteiger partial charge is 0.230 e. The van der Waals surface area contributed by atoms with Crippen molar-refractivity contribution in [3.63, 3.8) is 0 Å². The summed E-state index contributed by atoms with van der Waals surface area (Å²) in [6.07, 6.45) is 6.20. The predicted molar refractivity (Wildman–Crippen MR) is 71.4 cm³/mol. The van der Waals surface area contributed by atoms with Crippen LogP contribution in [-0.2, 0) is 4.79 Å². The molecular weight excluding hydrogens is 248 g/mol. The molecule has 1 aromatic rings. The first-order valence-corrected chi connectivity index (χ1v) is 7.35. The largest absolute Gasteiger partial charge is 0.369 e. The normalized spacial score (nSPS) is 18.8. The zero-order chi connectivity index (χ0) is 13.1. The Hall–Kier alpha value is -1.04. The topological polar surface area (TPSA) is 73.8 Å². The maximum Gasteiger partial charge on any atom is 0.230 e. The van der Waals surface area contributed by atoms with Crippen LogP contribution < -0.4 is 5.73 Å². The van der Waals surface area contributed by atoms with E-state index < -0.39 is 0 Å². The molecule has 1 heterocycles. The van der Waals surface area contributed by atoms with Gasteiger partial charge < -0.3 is 10.3 Å². The highest BCUT2D eigenvalue weighted by Crippen LogP contribution is 2.33. The average Bonchev–Trinajstić information content (AvgIpc) is 2.71. The molecule has 1 aliphatic carbocycles. The van der Waals surface area contributed by atoms with Gasteiger partial charge >= 0.3 is 0 Å². The summed E-state index contributed by atoms with van der Waals surface area (Å²) in [4.78, 5) is 11.1. The molecule has 0 aliphatic heterocycles. The number of carbonyl (C=O) groups excluding carboxylic acids is 1. The van der Waals surface area contributed by atoms with Gasteiger partial charge in [0.15, 0.2) is 5.16 Å². The molecule has 0 radical (unpaired) electrons. The molecule has 1 aliphatic rings. The summed E-state index contributed by atoms with van der Waals surface area (Å²) in [5, 5.41) is 8.88. The number of hydrogen-bond acceptors (Lipinski definition) is 4. The molecular formula is C12H20N4OS. The van der Waals surface area contributed by atoms with Crippen LogP contribution in [0.1, 0.15) is 50.9 Å². The number of hydrogen-bond donors (Lipinski definition) is 1. The number of nitrogens with two attached hydrogens (primary N) is 1. The van der Waals surface area contributed by atoms with E-state index in [9.17, 15) is 4.79 Å². The van der Waals surface area contributed by atoms with Gasteiger partial charge in [0.2, 0.25) is 5.91 Å². The van der Waals surface area contributed by atoms with Crippen molar-refractivity contribution in [1.82, 2.24) is 14.8 Å². The van der Waals surface area contributed by atoms with E-state index >= 15 is 0 Å². The van der Waals surface area contributed by atoms with Crippen LogP contribution in [-0.4, -0.2) is 25.9 Å². The van der Waals surface area contributed by atoms with E-state index in [1.54, 1.807) is 0 Å². The Morgan fingerprint density at radius 1 is 1.39 bits per heavy atom. The summed E-state index contributed by atoms with van der Waals surface area (Å²) < 4.78 is 2.18. The fourth-order valence-corrected chi connectivity index (χ4v) is 3.32. The number of nitrogens with zero attached hydrogens (tertiary/aromatic N) is 3. The van der Waals surface area contributed by atoms with Crippen molar-refractivity contribution in [3.8, 4) is 0 Å². The lowest BCUT2D eigenvalue weighted by atomic mass is 9.95. The Labute approximate surface area is 112 Å². The van der Waals surface area contributed by atoms with Gasteiger partial charge in [-0.3, -0.25) is 4.79 Å². The molecule has 6 heteroatoms. The second-order valence-corrected chi connectivity index (χ2v) is 6.16. The molecule has 2 rings (SSSR count). The maximum absolute atomic E-state index is 11.1. The van der Waals surface area contributed by atoms with Crippen molar-refractivity contribution in [1.29, 1.82) is 0 Å². The molecule has 100 valence electrons. The quantitative estimate of drug-likeness (QED) is 0.848. The van der Waals surface area contributed by atoms with Crippen molar-refractivity contribution in [2.45, 2.75) is 62.4 Å². The monoisotopic (exact) mass is 268 g/mol. The first kappa shape index (κ1) is 13.4. The third-order valence-corrected chi connectivity index (χ3v) is 4.53. The fraction of sp³-hybridized carbons (Fsp3) is 0.750. The van der Waals surface area contributed by atoms with E-state index in [-0.39, 0.29) is 11.2 Å². The van der Waals surface area contributed by atoms with E-state index in [0.29, 0.717) is 6.04 Å². The lowest BCUT2D eigenvalue weighted by Gasteiger charge is -2.25. The average molecular weight is 268 g/mol. The second-order valence-electron chi connectivity index (χ2n) is 4.85. The Morgan fingerprint density at radius 3 is 2.67 bits per heavy atom. The lowest BCUT2D eigenvalue weighted by molar-refractivity contribution is -0.117. The van der Waals surface area contributed by atoms with Crippen molar-refractivity contribution < 1.29 is 4.79 Å². The zero-order valence-electron chi connectivity index (χ0n) is 10.9. The van der Waals surface area contributed by atoms with Gasteiger partial charge in [-0.15, -0.1) is 10.2 Å². The number of thioether (sulfide) groups is 1. The van der Waals surface area contributed by atoms with Crippen molar-refractivity contribution in [3.05, 3.63) is 5.82 Å².